The first-order valence-corrected chi connectivity index (χ1v) is 11.9. The van der Waals surface area contributed by atoms with E-state index in [4.69, 9.17) is 18.9 Å². The van der Waals surface area contributed by atoms with Crippen molar-refractivity contribution in [3.8, 4) is 0 Å². The molecule has 0 aromatic rings. The highest BCUT2D eigenvalue weighted by Gasteiger charge is 2.09. The largest absolute Gasteiger partial charge is 0.475 e. The van der Waals surface area contributed by atoms with Gasteiger partial charge in [-0.1, -0.05) is 65.7 Å². The third-order valence-electron chi connectivity index (χ3n) is 4.65. The fourth-order valence-corrected chi connectivity index (χ4v) is 2.80. The van der Waals surface area contributed by atoms with Gasteiger partial charge in [0.1, 0.15) is 0 Å². The van der Waals surface area contributed by atoms with Crippen LogP contribution in [0.5, 0.6) is 0 Å². The number of hydrogen-bond donors (Lipinski definition) is 0. The Morgan fingerprint density at radius 2 is 1.29 bits per heavy atom. The Kier molecular flexibility index (Phi) is 24.0. The quantitative estimate of drug-likeness (QED) is 0.102. The van der Waals surface area contributed by atoms with Crippen LogP contribution in [0.4, 0.5) is 0 Å². The Balaban J connectivity index is 3.76. The molecule has 168 valence electrons. The summed E-state index contributed by atoms with van der Waals surface area (Å²) in [5.74, 6) is 0. The van der Waals surface area contributed by atoms with Gasteiger partial charge in [0.25, 0.3) is 0 Å². The average molecular weight is 401 g/mol. The van der Waals surface area contributed by atoms with Crippen molar-refractivity contribution in [3.63, 3.8) is 0 Å². The highest BCUT2D eigenvalue weighted by Crippen LogP contribution is 2.12. The lowest BCUT2D eigenvalue weighted by molar-refractivity contribution is -0.148. The summed E-state index contributed by atoms with van der Waals surface area (Å²) in [6, 6.07) is 0. The molecule has 0 aromatic heterocycles. The van der Waals surface area contributed by atoms with Crippen molar-refractivity contribution in [2.75, 3.05) is 26.6 Å². The molecular weight excluding hydrogens is 352 g/mol. The average Bonchev–Trinajstić information content (AvgIpc) is 2.71. The van der Waals surface area contributed by atoms with Gasteiger partial charge in [-0.25, -0.2) is 0 Å². The van der Waals surface area contributed by atoms with Gasteiger partial charge in [-0.2, -0.15) is 0 Å². The maximum absolute atomic E-state index is 6.01. The molecule has 0 bridgehead atoms. The molecular formula is C24H48O4. The Labute approximate surface area is 175 Å². The van der Waals surface area contributed by atoms with Gasteiger partial charge < -0.3 is 18.9 Å². The van der Waals surface area contributed by atoms with Crippen molar-refractivity contribution in [3.05, 3.63) is 12.3 Å². The van der Waals surface area contributed by atoms with Crippen LogP contribution in [-0.2, 0) is 18.9 Å². The van der Waals surface area contributed by atoms with Crippen LogP contribution in [0.25, 0.3) is 0 Å². The molecule has 4 nitrogen and oxygen atoms in total. The second-order valence-electron chi connectivity index (χ2n) is 7.50. The minimum Gasteiger partial charge on any atom is -0.475 e. The topological polar surface area (TPSA) is 36.9 Å². The summed E-state index contributed by atoms with van der Waals surface area (Å²) in [5.41, 5.74) is 0. The third-order valence-corrected chi connectivity index (χ3v) is 4.65. The molecule has 0 fully saturated rings. The van der Waals surface area contributed by atoms with Gasteiger partial charge in [0, 0.05) is 13.2 Å². The second kappa shape index (κ2) is 24.5. The van der Waals surface area contributed by atoms with Crippen molar-refractivity contribution in [2.24, 2.45) is 0 Å². The maximum atomic E-state index is 6.01. The molecule has 0 spiro atoms. The third kappa shape index (κ3) is 21.7. The van der Waals surface area contributed by atoms with E-state index in [1.807, 2.05) is 0 Å². The van der Waals surface area contributed by atoms with E-state index in [1.54, 1.807) is 6.26 Å². The maximum Gasteiger partial charge on any atom is 0.188 e. The summed E-state index contributed by atoms with van der Waals surface area (Å²) in [5, 5.41) is 0. The first-order valence-electron chi connectivity index (χ1n) is 11.9. The number of allylic oxidation sites excluding steroid dienone is 1. The lowest BCUT2D eigenvalue weighted by Crippen LogP contribution is -2.19. The van der Waals surface area contributed by atoms with E-state index in [9.17, 15) is 0 Å². The fourth-order valence-electron chi connectivity index (χ4n) is 2.80. The summed E-state index contributed by atoms with van der Waals surface area (Å²) in [6.07, 6.45) is 20.2. The Morgan fingerprint density at radius 1 is 0.643 bits per heavy atom. The molecule has 0 rings (SSSR count). The lowest BCUT2D eigenvalue weighted by Gasteiger charge is -2.18. The number of rotatable bonds is 23. The zero-order valence-corrected chi connectivity index (χ0v) is 19.1. The van der Waals surface area contributed by atoms with E-state index in [-0.39, 0.29) is 6.29 Å². The van der Waals surface area contributed by atoms with E-state index in [0.29, 0.717) is 6.79 Å². The molecule has 28 heavy (non-hydrogen) atoms. The highest BCUT2D eigenvalue weighted by atomic mass is 16.7. The monoisotopic (exact) mass is 400 g/mol. The molecule has 0 amide bonds. The van der Waals surface area contributed by atoms with E-state index in [1.165, 1.54) is 38.5 Å². The van der Waals surface area contributed by atoms with Crippen LogP contribution in [0.1, 0.15) is 111 Å². The van der Waals surface area contributed by atoms with E-state index in [0.717, 1.165) is 71.2 Å². The number of unbranched alkanes of at least 4 members (excludes halogenated alkanes) is 9. The van der Waals surface area contributed by atoms with Crippen LogP contribution in [0.3, 0.4) is 0 Å². The van der Waals surface area contributed by atoms with Crippen molar-refractivity contribution < 1.29 is 18.9 Å². The van der Waals surface area contributed by atoms with Crippen molar-refractivity contribution >= 4 is 0 Å². The highest BCUT2D eigenvalue weighted by molar-refractivity contribution is 4.72. The van der Waals surface area contributed by atoms with Crippen LogP contribution in [-0.4, -0.2) is 32.9 Å². The van der Waals surface area contributed by atoms with E-state index in [2.05, 4.69) is 26.8 Å². The normalized spacial score (nSPS) is 11.7. The molecule has 0 saturated heterocycles. The minimum absolute atomic E-state index is 0.0320. The molecule has 0 aliphatic rings. The zero-order valence-electron chi connectivity index (χ0n) is 19.1. The predicted molar refractivity (Wildman–Crippen MR) is 118 cm³/mol. The summed E-state index contributed by atoms with van der Waals surface area (Å²) in [7, 11) is 0. The molecule has 0 aliphatic carbocycles. The van der Waals surface area contributed by atoms with Crippen LogP contribution in [0, 0.1) is 0 Å². The van der Waals surface area contributed by atoms with Crippen LogP contribution >= 0.6 is 0 Å². The summed E-state index contributed by atoms with van der Waals surface area (Å²) >= 11 is 0. The minimum atomic E-state index is -0.0320. The smallest absolute Gasteiger partial charge is 0.188 e. The number of ether oxygens (including phenoxy) is 4. The summed E-state index contributed by atoms with van der Waals surface area (Å²) < 4.78 is 22.7. The fraction of sp³-hybridized carbons (Fsp3) is 0.917. The molecule has 0 radical (unpaired) electrons. The molecule has 0 aliphatic heterocycles. The molecule has 0 saturated carbocycles. The van der Waals surface area contributed by atoms with Crippen LogP contribution in [0.15, 0.2) is 12.3 Å². The van der Waals surface area contributed by atoms with Gasteiger partial charge in [-0.05, 0) is 51.0 Å². The standard InChI is InChI=1S/C24H48O4/c1-4-7-10-16-21-27-24(28-22-17-11-8-5-2)18-14-12-13-15-20-26-23-25-19-9-6-3/h15,20,24H,4-14,16-19,21-23H2,1-3H3. The molecule has 0 atom stereocenters. The van der Waals surface area contributed by atoms with Gasteiger partial charge in [0.15, 0.2) is 13.1 Å². The zero-order chi connectivity index (χ0) is 20.5. The number of hydrogen-bond acceptors (Lipinski definition) is 4. The SMILES string of the molecule is CCCCCCOC(CCCCC=COCOCCCC)OCCCCCC. The van der Waals surface area contributed by atoms with Gasteiger partial charge >= 0.3 is 0 Å². The van der Waals surface area contributed by atoms with Crippen molar-refractivity contribution in [1.29, 1.82) is 0 Å². The molecule has 0 unspecified atom stereocenters. The first-order chi connectivity index (χ1) is 13.8. The van der Waals surface area contributed by atoms with Crippen molar-refractivity contribution in [1.82, 2.24) is 0 Å². The summed E-state index contributed by atoms with van der Waals surface area (Å²) in [6.45, 7) is 9.42. The molecule has 0 N–H and O–H groups in total. The molecule has 0 heterocycles. The lowest BCUT2D eigenvalue weighted by atomic mass is 10.2. The summed E-state index contributed by atoms with van der Waals surface area (Å²) in [4.78, 5) is 0. The van der Waals surface area contributed by atoms with Gasteiger partial charge in [-0.3, -0.25) is 0 Å². The Morgan fingerprint density at radius 3 is 1.89 bits per heavy atom. The second-order valence-corrected chi connectivity index (χ2v) is 7.50. The molecule has 4 heteroatoms. The van der Waals surface area contributed by atoms with Gasteiger partial charge in [-0.15, -0.1) is 0 Å². The van der Waals surface area contributed by atoms with Gasteiger partial charge in [0.2, 0.25) is 0 Å². The van der Waals surface area contributed by atoms with Crippen LogP contribution in [0.2, 0.25) is 0 Å². The molecule has 0 aromatic carbocycles. The van der Waals surface area contributed by atoms with E-state index >= 15 is 0 Å². The Hall–Kier alpha value is -0.580. The van der Waals surface area contributed by atoms with Crippen molar-refractivity contribution in [2.45, 2.75) is 117 Å². The predicted octanol–water partition coefficient (Wildman–Crippen LogP) is 7.37. The van der Waals surface area contributed by atoms with Crippen LogP contribution < -0.4 is 0 Å². The Bertz CT molecular complexity index is 293. The van der Waals surface area contributed by atoms with Gasteiger partial charge in [0.05, 0.1) is 12.9 Å². The first kappa shape index (κ1) is 27.4. The van der Waals surface area contributed by atoms with E-state index < -0.39 is 0 Å².